The molecular weight excluding hydrogens is 338 g/mol. The van der Waals surface area contributed by atoms with Crippen molar-refractivity contribution in [1.82, 2.24) is 14.9 Å². The Morgan fingerprint density at radius 1 is 1.43 bits per heavy atom. The Labute approximate surface area is 145 Å². The zero-order chi connectivity index (χ0) is 17.0. The Bertz CT molecular complexity index is 565. The van der Waals surface area contributed by atoms with Crippen LogP contribution in [0.5, 0.6) is 5.88 Å². The first-order valence-electron chi connectivity index (χ1n) is 7.50. The van der Waals surface area contributed by atoms with Crippen LogP contribution >= 0.6 is 23.4 Å². The van der Waals surface area contributed by atoms with Crippen LogP contribution in [0.15, 0.2) is 11.2 Å². The van der Waals surface area contributed by atoms with Crippen molar-refractivity contribution in [2.24, 2.45) is 0 Å². The number of hydrogen-bond donors (Lipinski definition) is 0. The van der Waals surface area contributed by atoms with Crippen LogP contribution < -0.4 is 4.74 Å². The van der Waals surface area contributed by atoms with Gasteiger partial charge in [0.15, 0.2) is 5.16 Å². The zero-order valence-electron chi connectivity index (χ0n) is 13.8. The average Bonchev–Trinajstić information content (AvgIpc) is 2.45. The summed E-state index contributed by atoms with van der Waals surface area (Å²) in [6.45, 7) is 6.72. The second-order valence-electron chi connectivity index (χ2n) is 6.32. The second kappa shape index (κ2) is 7.57. The fourth-order valence-corrected chi connectivity index (χ4v) is 2.82. The minimum absolute atomic E-state index is 0.128. The summed E-state index contributed by atoms with van der Waals surface area (Å²) in [5.74, 6) is 0.436. The molecule has 1 aromatic heterocycles. The van der Waals surface area contributed by atoms with Crippen molar-refractivity contribution >= 4 is 29.5 Å². The van der Waals surface area contributed by atoms with E-state index in [4.69, 9.17) is 21.1 Å². The summed E-state index contributed by atoms with van der Waals surface area (Å²) in [5, 5.41) is 0.909. The summed E-state index contributed by atoms with van der Waals surface area (Å²) in [7, 11) is 0. The molecule has 0 aliphatic carbocycles. The number of thioether (sulfide) groups is 1. The van der Waals surface area contributed by atoms with Gasteiger partial charge in [0.05, 0.1) is 6.54 Å². The van der Waals surface area contributed by atoms with E-state index >= 15 is 0 Å². The molecule has 0 saturated carbocycles. The zero-order valence-corrected chi connectivity index (χ0v) is 15.4. The van der Waals surface area contributed by atoms with Crippen LogP contribution in [0.1, 0.15) is 33.6 Å². The Hall–Kier alpha value is -1.21. The van der Waals surface area contributed by atoms with Gasteiger partial charge in [-0.3, -0.25) is 0 Å². The summed E-state index contributed by atoms with van der Waals surface area (Å²) in [6.07, 6.45) is 3.15. The highest BCUT2D eigenvalue weighted by Gasteiger charge is 2.28. The number of amides is 1. The number of carbonyl (C=O) groups is 1. The van der Waals surface area contributed by atoms with E-state index in [0.717, 1.165) is 12.8 Å². The Morgan fingerprint density at radius 2 is 2.17 bits per heavy atom. The van der Waals surface area contributed by atoms with Crippen LogP contribution in [0.3, 0.4) is 0 Å². The highest BCUT2D eigenvalue weighted by molar-refractivity contribution is 7.98. The first-order valence-corrected chi connectivity index (χ1v) is 9.10. The average molecular weight is 360 g/mol. The van der Waals surface area contributed by atoms with Gasteiger partial charge in [0, 0.05) is 12.6 Å². The van der Waals surface area contributed by atoms with Crippen molar-refractivity contribution in [1.29, 1.82) is 0 Å². The summed E-state index contributed by atoms with van der Waals surface area (Å²) < 4.78 is 11.3. The third-order valence-corrected chi connectivity index (χ3v) is 3.89. The van der Waals surface area contributed by atoms with Crippen LogP contribution in [-0.4, -0.2) is 52.0 Å². The van der Waals surface area contributed by atoms with Gasteiger partial charge in [-0.25, -0.2) is 9.78 Å². The molecule has 128 valence electrons. The normalized spacial score (nSPS) is 18.7. The van der Waals surface area contributed by atoms with Crippen LogP contribution in [0.4, 0.5) is 4.79 Å². The molecule has 2 rings (SSSR count). The largest absolute Gasteiger partial charge is 0.472 e. The number of halogens is 1. The second-order valence-corrected chi connectivity index (χ2v) is 7.48. The molecule has 0 radical (unpaired) electrons. The van der Waals surface area contributed by atoms with Crippen molar-refractivity contribution in [3.8, 4) is 5.88 Å². The van der Waals surface area contributed by atoms with E-state index in [1.54, 1.807) is 11.0 Å². The number of aromatic nitrogens is 2. The number of hydrogen-bond acceptors (Lipinski definition) is 6. The molecule has 6 nitrogen and oxygen atoms in total. The molecule has 0 aromatic carbocycles. The fraction of sp³-hybridized carbons (Fsp3) is 0.667. The maximum Gasteiger partial charge on any atom is 0.410 e. The van der Waals surface area contributed by atoms with E-state index in [9.17, 15) is 4.79 Å². The highest BCUT2D eigenvalue weighted by Crippen LogP contribution is 2.23. The molecule has 0 unspecified atom stereocenters. The SMILES string of the molecule is CSc1nc(Cl)cc(O[C@@H]2CCCN(C(=O)OC(C)(C)C)C2)n1. The predicted molar refractivity (Wildman–Crippen MR) is 90.3 cm³/mol. The number of rotatable bonds is 3. The van der Waals surface area contributed by atoms with Gasteiger partial charge in [-0.2, -0.15) is 4.98 Å². The fourth-order valence-electron chi connectivity index (χ4n) is 2.23. The van der Waals surface area contributed by atoms with Crippen LogP contribution in [0, 0.1) is 0 Å². The minimum Gasteiger partial charge on any atom is -0.472 e. The first kappa shape index (κ1) is 18.1. The Morgan fingerprint density at radius 3 is 2.83 bits per heavy atom. The molecule has 0 N–H and O–H groups in total. The number of ether oxygens (including phenoxy) is 2. The van der Waals surface area contributed by atoms with Gasteiger partial charge >= 0.3 is 6.09 Å². The van der Waals surface area contributed by atoms with Gasteiger partial charge in [0.25, 0.3) is 0 Å². The smallest absolute Gasteiger partial charge is 0.410 e. The minimum atomic E-state index is -0.502. The lowest BCUT2D eigenvalue weighted by Gasteiger charge is -2.33. The molecule has 2 heterocycles. The van der Waals surface area contributed by atoms with E-state index in [1.165, 1.54) is 11.8 Å². The molecule has 1 amide bonds. The Kier molecular flexibility index (Phi) is 5.97. The van der Waals surface area contributed by atoms with Gasteiger partial charge in [0.2, 0.25) is 5.88 Å². The summed E-state index contributed by atoms with van der Waals surface area (Å²) >= 11 is 7.37. The van der Waals surface area contributed by atoms with E-state index in [0.29, 0.717) is 29.3 Å². The van der Waals surface area contributed by atoms with Crippen LogP contribution in [-0.2, 0) is 4.74 Å². The van der Waals surface area contributed by atoms with E-state index in [-0.39, 0.29) is 12.2 Å². The maximum absolute atomic E-state index is 12.2. The molecule has 8 heteroatoms. The third-order valence-electron chi connectivity index (χ3n) is 3.15. The molecule has 23 heavy (non-hydrogen) atoms. The number of likely N-dealkylation sites (tertiary alicyclic amines) is 1. The number of carbonyl (C=O) groups excluding carboxylic acids is 1. The van der Waals surface area contributed by atoms with Crippen molar-refractivity contribution in [2.75, 3.05) is 19.3 Å². The quantitative estimate of drug-likeness (QED) is 0.466. The first-order chi connectivity index (χ1) is 10.8. The van der Waals surface area contributed by atoms with Crippen LogP contribution in [0.25, 0.3) is 0 Å². The molecule has 1 aromatic rings. The summed E-state index contributed by atoms with van der Waals surface area (Å²) in [4.78, 5) is 22.2. The molecule has 1 atom stereocenters. The summed E-state index contributed by atoms with van der Waals surface area (Å²) in [5.41, 5.74) is -0.502. The van der Waals surface area contributed by atoms with Gasteiger partial charge in [0.1, 0.15) is 16.9 Å². The molecule has 1 aliphatic heterocycles. The van der Waals surface area contributed by atoms with Crippen molar-refractivity contribution < 1.29 is 14.3 Å². The third kappa shape index (κ3) is 5.73. The molecular formula is C15H22ClN3O3S. The maximum atomic E-state index is 12.2. The van der Waals surface area contributed by atoms with Gasteiger partial charge in [-0.05, 0) is 39.9 Å². The van der Waals surface area contributed by atoms with E-state index in [2.05, 4.69) is 9.97 Å². The van der Waals surface area contributed by atoms with E-state index in [1.807, 2.05) is 27.0 Å². The number of piperidine rings is 1. The highest BCUT2D eigenvalue weighted by atomic mass is 35.5. The lowest BCUT2D eigenvalue weighted by atomic mass is 10.1. The van der Waals surface area contributed by atoms with Gasteiger partial charge in [-0.1, -0.05) is 23.4 Å². The molecule has 0 spiro atoms. The monoisotopic (exact) mass is 359 g/mol. The molecule has 1 fully saturated rings. The predicted octanol–water partition coefficient (Wildman–Crippen LogP) is 3.63. The lowest BCUT2D eigenvalue weighted by molar-refractivity contribution is 0.00713. The van der Waals surface area contributed by atoms with E-state index < -0.39 is 5.60 Å². The molecule has 0 bridgehead atoms. The topological polar surface area (TPSA) is 64.5 Å². The standard InChI is InChI=1S/C15H22ClN3O3S/c1-15(2,3)22-14(20)19-7-5-6-10(9-19)21-12-8-11(16)17-13(18-12)23-4/h8,10H,5-7,9H2,1-4H3/t10-/m1/s1. The van der Waals surface area contributed by atoms with Gasteiger partial charge < -0.3 is 14.4 Å². The van der Waals surface area contributed by atoms with Gasteiger partial charge in [-0.15, -0.1) is 0 Å². The lowest BCUT2D eigenvalue weighted by Crippen LogP contribution is -2.46. The Balaban J connectivity index is 1.99. The van der Waals surface area contributed by atoms with Crippen molar-refractivity contribution in [3.05, 3.63) is 11.2 Å². The number of nitrogens with zero attached hydrogens (tertiary/aromatic N) is 3. The van der Waals surface area contributed by atoms with Crippen molar-refractivity contribution in [3.63, 3.8) is 0 Å². The van der Waals surface area contributed by atoms with Crippen LogP contribution in [0.2, 0.25) is 5.15 Å². The molecule has 1 aliphatic rings. The molecule has 1 saturated heterocycles. The summed E-state index contributed by atoms with van der Waals surface area (Å²) in [6, 6.07) is 1.59. The van der Waals surface area contributed by atoms with Crippen molar-refractivity contribution in [2.45, 2.75) is 50.5 Å².